The van der Waals surface area contributed by atoms with Gasteiger partial charge in [-0.1, -0.05) is 35.5 Å². The molecule has 1 aromatic carbocycles. The van der Waals surface area contributed by atoms with Crippen molar-refractivity contribution in [1.29, 1.82) is 0 Å². The van der Waals surface area contributed by atoms with Crippen LogP contribution in [0.3, 0.4) is 0 Å². The van der Waals surface area contributed by atoms with Crippen LogP contribution in [0.4, 0.5) is 0 Å². The molecule has 5 nitrogen and oxygen atoms in total. The lowest BCUT2D eigenvalue weighted by Gasteiger charge is -2.32. The summed E-state index contributed by atoms with van der Waals surface area (Å²) < 4.78 is 0. The predicted molar refractivity (Wildman–Crippen MR) is 63.2 cm³/mol. The molecule has 5 heteroatoms. The van der Waals surface area contributed by atoms with E-state index >= 15 is 0 Å². The van der Waals surface area contributed by atoms with Crippen molar-refractivity contribution in [2.75, 3.05) is 0 Å². The molecule has 1 aromatic rings. The number of nitroso groups, excluding NO2 is 1. The molecule has 1 aliphatic carbocycles. The molecule has 0 heterocycles. The van der Waals surface area contributed by atoms with Crippen molar-refractivity contribution < 1.29 is 4.92 Å². The van der Waals surface area contributed by atoms with Gasteiger partial charge in [0, 0.05) is 11.3 Å². The topological polar surface area (TPSA) is 72.6 Å². The van der Waals surface area contributed by atoms with E-state index in [1.165, 1.54) is 0 Å². The molecule has 0 N–H and O–H groups in total. The third-order valence-electron chi connectivity index (χ3n) is 3.53. The highest BCUT2D eigenvalue weighted by Crippen LogP contribution is 2.41. The van der Waals surface area contributed by atoms with Gasteiger partial charge in [-0.2, -0.15) is 0 Å². The van der Waals surface area contributed by atoms with Crippen LogP contribution in [0.5, 0.6) is 0 Å². The van der Waals surface area contributed by atoms with E-state index in [1.54, 1.807) is 24.3 Å². The van der Waals surface area contributed by atoms with E-state index in [0.717, 1.165) is 12.8 Å². The maximum Gasteiger partial charge on any atom is 0.245 e. The fourth-order valence-electron chi connectivity index (χ4n) is 2.64. The standard InChI is InChI=1S/C12H14N2O3/c15-13-12(10-6-2-1-3-7-10)9-5-4-8-11(12)14(16)17/h1-3,6-7,11H,4-5,8-9H2/t11-,12+/m1/s1. The summed E-state index contributed by atoms with van der Waals surface area (Å²) in [7, 11) is 0. The largest absolute Gasteiger partial charge is 0.264 e. The number of rotatable bonds is 3. The van der Waals surface area contributed by atoms with Gasteiger partial charge in [0.25, 0.3) is 0 Å². The Morgan fingerprint density at radius 3 is 2.59 bits per heavy atom. The average Bonchev–Trinajstić information content (AvgIpc) is 2.39. The Hall–Kier alpha value is -1.78. The number of hydrogen-bond donors (Lipinski definition) is 0. The highest BCUT2D eigenvalue weighted by molar-refractivity contribution is 5.27. The summed E-state index contributed by atoms with van der Waals surface area (Å²) in [6.07, 6.45) is 2.49. The zero-order valence-electron chi connectivity index (χ0n) is 9.41. The summed E-state index contributed by atoms with van der Waals surface area (Å²) in [6, 6.07) is 8.01. The highest BCUT2D eigenvalue weighted by atomic mass is 16.6. The Kier molecular flexibility index (Phi) is 3.17. The van der Waals surface area contributed by atoms with Crippen LogP contribution >= 0.6 is 0 Å². The molecule has 90 valence electrons. The Morgan fingerprint density at radius 2 is 2.00 bits per heavy atom. The molecule has 17 heavy (non-hydrogen) atoms. The Morgan fingerprint density at radius 1 is 1.29 bits per heavy atom. The number of nitro groups is 1. The van der Waals surface area contributed by atoms with E-state index in [1.807, 2.05) is 6.07 Å². The summed E-state index contributed by atoms with van der Waals surface area (Å²) in [4.78, 5) is 22.0. The van der Waals surface area contributed by atoms with Crippen LogP contribution < -0.4 is 0 Å². The molecule has 2 atom stereocenters. The molecule has 0 amide bonds. The van der Waals surface area contributed by atoms with Gasteiger partial charge in [0.2, 0.25) is 6.04 Å². The first kappa shape index (κ1) is 11.7. The minimum absolute atomic E-state index is 0.354. The second-order valence-corrected chi connectivity index (χ2v) is 4.43. The monoisotopic (exact) mass is 234 g/mol. The molecule has 0 unspecified atom stereocenters. The summed E-state index contributed by atoms with van der Waals surface area (Å²) >= 11 is 0. The zero-order valence-corrected chi connectivity index (χ0v) is 9.41. The van der Waals surface area contributed by atoms with E-state index in [0.29, 0.717) is 18.4 Å². The SMILES string of the molecule is O=N[C@]1(c2ccccc2)CCCC[C@H]1[N+](=O)[O-]. The third-order valence-corrected chi connectivity index (χ3v) is 3.53. The van der Waals surface area contributed by atoms with Gasteiger partial charge in [0.05, 0.1) is 0 Å². The lowest BCUT2D eigenvalue weighted by Crippen LogP contribution is -2.45. The lowest BCUT2D eigenvalue weighted by molar-refractivity contribution is -0.538. The van der Waals surface area contributed by atoms with Crippen LogP contribution in [0.15, 0.2) is 35.5 Å². The van der Waals surface area contributed by atoms with Crippen molar-refractivity contribution in [1.82, 2.24) is 0 Å². The second-order valence-electron chi connectivity index (χ2n) is 4.43. The quantitative estimate of drug-likeness (QED) is 0.458. The maximum atomic E-state index is 11.2. The van der Waals surface area contributed by atoms with E-state index in [-0.39, 0.29) is 4.92 Å². The van der Waals surface area contributed by atoms with Crippen molar-refractivity contribution in [3.63, 3.8) is 0 Å². The average molecular weight is 234 g/mol. The van der Waals surface area contributed by atoms with Crippen molar-refractivity contribution in [2.45, 2.75) is 37.3 Å². The maximum absolute atomic E-state index is 11.2. The fourth-order valence-corrected chi connectivity index (χ4v) is 2.64. The van der Waals surface area contributed by atoms with Crippen LogP contribution in [0.1, 0.15) is 31.2 Å². The van der Waals surface area contributed by atoms with Gasteiger partial charge in [-0.05, 0) is 24.8 Å². The summed E-state index contributed by atoms with van der Waals surface area (Å²) in [5, 5.41) is 14.3. The van der Waals surface area contributed by atoms with Gasteiger partial charge in [0.15, 0.2) is 5.54 Å². The van der Waals surface area contributed by atoms with Gasteiger partial charge in [0.1, 0.15) is 0 Å². The van der Waals surface area contributed by atoms with Crippen LogP contribution in [0.25, 0.3) is 0 Å². The van der Waals surface area contributed by atoms with Crippen LogP contribution in [-0.2, 0) is 5.54 Å². The number of hydrogen-bond acceptors (Lipinski definition) is 4. The van der Waals surface area contributed by atoms with Crippen LogP contribution in [0.2, 0.25) is 0 Å². The lowest BCUT2D eigenvalue weighted by atomic mass is 9.74. The summed E-state index contributed by atoms with van der Waals surface area (Å²) in [6.45, 7) is 0. The smallest absolute Gasteiger partial charge is 0.245 e. The van der Waals surface area contributed by atoms with Crippen molar-refractivity contribution in [2.24, 2.45) is 5.18 Å². The molecule has 0 saturated heterocycles. The first-order valence-electron chi connectivity index (χ1n) is 5.74. The molecule has 1 saturated carbocycles. The Labute approximate surface area is 99.0 Å². The van der Waals surface area contributed by atoms with Gasteiger partial charge in [-0.3, -0.25) is 10.1 Å². The highest BCUT2D eigenvalue weighted by Gasteiger charge is 2.51. The second kappa shape index (κ2) is 4.61. The Bertz CT molecular complexity index is 421. The summed E-state index contributed by atoms with van der Waals surface area (Å²) in [5.74, 6) is 0. The first-order valence-corrected chi connectivity index (χ1v) is 5.74. The number of benzene rings is 1. The normalized spacial score (nSPS) is 28.6. The van der Waals surface area contributed by atoms with Gasteiger partial charge in [-0.25, -0.2) is 0 Å². The van der Waals surface area contributed by atoms with E-state index in [2.05, 4.69) is 5.18 Å². The fraction of sp³-hybridized carbons (Fsp3) is 0.500. The summed E-state index contributed by atoms with van der Waals surface area (Å²) in [5.41, 5.74) is -0.514. The molecule has 1 fully saturated rings. The molecule has 0 aliphatic heterocycles. The third kappa shape index (κ3) is 1.92. The molecular weight excluding hydrogens is 220 g/mol. The van der Waals surface area contributed by atoms with Crippen molar-refractivity contribution >= 4 is 0 Å². The minimum Gasteiger partial charge on any atom is -0.264 e. The van der Waals surface area contributed by atoms with E-state index in [4.69, 9.17) is 0 Å². The number of nitrogens with zero attached hydrogens (tertiary/aromatic N) is 2. The van der Waals surface area contributed by atoms with Gasteiger partial charge < -0.3 is 0 Å². The van der Waals surface area contributed by atoms with Gasteiger partial charge >= 0.3 is 0 Å². The Balaban J connectivity index is 2.47. The molecular formula is C12H14N2O3. The molecule has 0 aromatic heterocycles. The molecule has 0 radical (unpaired) electrons. The molecule has 2 rings (SSSR count). The van der Waals surface area contributed by atoms with Crippen LogP contribution in [0, 0.1) is 15.0 Å². The van der Waals surface area contributed by atoms with E-state index < -0.39 is 11.6 Å². The predicted octanol–water partition coefficient (Wildman–Crippen LogP) is 2.87. The van der Waals surface area contributed by atoms with Crippen molar-refractivity contribution in [3.05, 3.63) is 50.9 Å². The van der Waals surface area contributed by atoms with Crippen LogP contribution in [-0.4, -0.2) is 11.0 Å². The molecule has 0 spiro atoms. The first-order chi connectivity index (χ1) is 8.20. The molecule has 0 bridgehead atoms. The molecule has 1 aliphatic rings. The van der Waals surface area contributed by atoms with Gasteiger partial charge in [-0.15, -0.1) is 4.91 Å². The van der Waals surface area contributed by atoms with Crippen molar-refractivity contribution in [3.8, 4) is 0 Å². The minimum atomic E-state index is -1.18. The zero-order chi connectivity index (χ0) is 12.3. The van der Waals surface area contributed by atoms with E-state index in [9.17, 15) is 15.0 Å².